The van der Waals surface area contributed by atoms with Crippen molar-refractivity contribution in [2.75, 3.05) is 20.2 Å². The van der Waals surface area contributed by atoms with Crippen molar-refractivity contribution in [2.45, 2.75) is 18.2 Å². The van der Waals surface area contributed by atoms with Gasteiger partial charge in [-0.15, -0.1) is 0 Å². The molecule has 4 nitrogen and oxygen atoms in total. The van der Waals surface area contributed by atoms with Gasteiger partial charge in [-0.05, 0) is 0 Å². The molecule has 1 aliphatic heterocycles. The molecule has 0 spiro atoms. The first-order chi connectivity index (χ1) is 6.62. The number of hydrogen-bond acceptors (Lipinski definition) is 3. The van der Waals surface area contributed by atoms with Crippen LogP contribution >= 0.6 is 10.7 Å². The first-order valence-electron chi connectivity index (χ1n) is 3.94. The van der Waals surface area contributed by atoms with Crippen molar-refractivity contribution in [2.24, 2.45) is 0 Å². The minimum Gasteiger partial charge on any atom is -0.367 e. The quantitative estimate of drug-likeness (QED) is 0.705. The Labute approximate surface area is 89.5 Å². The summed E-state index contributed by atoms with van der Waals surface area (Å²) in [6, 6.07) is 0. The largest absolute Gasteiger partial charge is 0.418 e. The van der Waals surface area contributed by atoms with Gasteiger partial charge in [0.15, 0.2) is 5.60 Å². The third-order valence-electron chi connectivity index (χ3n) is 2.41. The van der Waals surface area contributed by atoms with Crippen molar-refractivity contribution in [3.63, 3.8) is 0 Å². The second-order valence-corrected chi connectivity index (χ2v) is 5.73. The fraction of sp³-hybridized carbons (Fsp3) is 1.00. The van der Waals surface area contributed by atoms with Crippen LogP contribution in [0.15, 0.2) is 0 Å². The summed E-state index contributed by atoms with van der Waals surface area (Å²) in [6.45, 7) is -1.09. The summed E-state index contributed by atoms with van der Waals surface area (Å²) in [5.74, 6) is 0. The average molecular weight is 268 g/mol. The monoisotopic (exact) mass is 267 g/mol. The van der Waals surface area contributed by atoms with Crippen molar-refractivity contribution in [3.05, 3.63) is 0 Å². The molecule has 1 saturated heterocycles. The molecule has 1 heterocycles. The maximum absolute atomic E-state index is 12.6. The lowest BCUT2D eigenvalue weighted by Gasteiger charge is -2.29. The fourth-order valence-electron chi connectivity index (χ4n) is 1.45. The maximum Gasteiger partial charge on any atom is 0.418 e. The molecule has 0 aromatic rings. The third-order valence-corrected chi connectivity index (χ3v) is 3.93. The van der Waals surface area contributed by atoms with Gasteiger partial charge in [0, 0.05) is 30.8 Å². The SMILES string of the molecule is COC1(C(F)(F)F)CCN(S(=O)(=O)Cl)C1. The van der Waals surface area contributed by atoms with Crippen molar-refractivity contribution in [1.29, 1.82) is 0 Å². The van der Waals surface area contributed by atoms with Crippen LogP contribution in [0.5, 0.6) is 0 Å². The Bertz CT molecular complexity index is 344. The van der Waals surface area contributed by atoms with E-state index >= 15 is 0 Å². The number of nitrogens with zero attached hydrogens (tertiary/aromatic N) is 1. The minimum absolute atomic E-state index is 0.292. The van der Waals surface area contributed by atoms with Crippen LogP contribution in [0.2, 0.25) is 0 Å². The second kappa shape index (κ2) is 3.76. The van der Waals surface area contributed by atoms with E-state index in [1.54, 1.807) is 0 Å². The van der Waals surface area contributed by atoms with Crippen molar-refractivity contribution < 1.29 is 26.3 Å². The molecule has 1 aliphatic rings. The van der Waals surface area contributed by atoms with E-state index in [1.165, 1.54) is 0 Å². The fourth-order valence-corrected chi connectivity index (χ4v) is 2.47. The topological polar surface area (TPSA) is 46.6 Å². The van der Waals surface area contributed by atoms with Crippen molar-refractivity contribution in [3.8, 4) is 0 Å². The molecular weight excluding hydrogens is 259 g/mol. The summed E-state index contributed by atoms with van der Waals surface area (Å²) in [5.41, 5.74) is -2.44. The number of hydrogen-bond donors (Lipinski definition) is 0. The normalized spacial score (nSPS) is 29.7. The zero-order valence-corrected chi connectivity index (χ0v) is 9.29. The lowest BCUT2D eigenvalue weighted by atomic mass is 10.0. The molecule has 0 radical (unpaired) electrons. The van der Waals surface area contributed by atoms with E-state index in [4.69, 9.17) is 10.7 Å². The number of alkyl halides is 3. The molecule has 0 aromatic carbocycles. The van der Waals surface area contributed by atoms with Gasteiger partial charge >= 0.3 is 6.18 Å². The van der Waals surface area contributed by atoms with Crippen molar-refractivity contribution >= 4 is 19.9 Å². The highest BCUT2D eigenvalue weighted by Crippen LogP contribution is 2.41. The van der Waals surface area contributed by atoms with Crippen molar-refractivity contribution in [1.82, 2.24) is 4.31 Å². The Balaban J connectivity index is 2.93. The van der Waals surface area contributed by atoms with E-state index in [9.17, 15) is 21.6 Å². The summed E-state index contributed by atoms with van der Waals surface area (Å²) in [4.78, 5) is 0. The second-order valence-electron chi connectivity index (χ2n) is 3.22. The first kappa shape index (κ1) is 13.0. The summed E-state index contributed by atoms with van der Waals surface area (Å²) in [6.07, 6.45) is -5.06. The van der Waals surface area contributed by atoms with Crippen LogP contribution in [0.1, 0.15) is 6.42 Å². The lowest BCUT2D eigenvalue weighted by Crippen LogP contribution is -2.49. The van der Waals surface area contributed by atoms with Gasteiger partial charge < -0.3 is 4.74 Å². The predicted molar refractivity (Wildman–Crippen MR) is 46.8 cm³/mol. The molecule has 0 N–H and O–H groups in total. The molecule has 0 bridgehead atoms. The summed E-state index contributed by atoms with van der Waals surface area (Å²) in [7, 11) is 1.73. The Morgan fingerprint density at radius 2 is 2.00 bits per heavy atom. The van der Waals surface area contributed by atoms with Gasteiger partial charge in [-0.3, -0.25) is 0 Å². The Hall–Kier alpha value is -0.0500. The molecule has 1 atom stereocenters. The minimum atomic E-state index is -4.61. The molecule has 15 heavy (non-hydrogen) atoms. The molecule has 1 fully saturated rings. The van der Waals surface area contributed by atoms with Crippen LogP contribution < -0.4 is 0 Å². The highest BCUT2D eigenvalue weighted by atomic mass is 35.7. The third kappa shape index (κ3) is 2.38. The van der Waals surface area contributed by atoms with Gasteiger partial charge in [0.05, 0.1) is 6.54 Å². The van der Waals surface area contributed by atoms with Crippen LogP contribution in [-0.4, -0.2) is 44.7 Å². The molecule has 0 aromatic heterocycles. The Kier molecular flexibility index (Phi) is 3.26. The van der Waals surface area contributed by atoms with E-state index in [0.717, 1.165) is 7.11 Å². The van der Waals surface area contributed by atoms with Gasteiger partial charge in [-0.2, -0.15) is 25.9 Å². The summed E-state index contributed by atoms with van der Waals surface area (Å²) in [5, 5.41) is 0. The van der Waals surface area contributed by atoms with E-state index in [-0.39, 0.29) is 6.54 Å². The standard InChI is InChI=1S/C6H9ClF3NO3S/c1-14-5(6(8,9)10)2-3-11(4-5)15(7,12)13/h2-4H2,1H3. The predicted octanol–water partition coefficient (Wildman–Crippen LogP) is 1.12. The van der Waals surface area contributed by atoms with E-state index in [0.29, 0.717) is 4.31 Å². The lowest BCUT2D eigenvalue weighted by molar-refractivity contribution is -0.262. The van der Waals surface area contributed by atoms with Gasteiger partial charge in [0.2, 0.25) is 0 Å². The number of ether oxygens (including phenoxy) is 1. The summed E-state index contributed by atoms with van der Waals surface area (Å²) >= 11 is 0. The van der Waals surface area contributed by atoms with E-state index < -0.39 is 34.0 Å². The number of rotatable bonds is 2. The Morgan fingerprint density at radius 1 is 1.47 bits per heavy atom. The maximum atomic E-state index is 12.6. The van der Waals surface area contributed by atoms with Crippen LogP contribution in [0.25, 0.3) is 0 Å². The number of methoxy groups -OCH3 is 1. The number of halogens is 4. The van der Waals surface area contributed by atoms with Crippen LogP contribution in [-0.2, 0) is 14.0 Å². The van der Waals surface area contributed by atoms with Crippen LogP contribution in [0.4, 0.5) is 13.2 Å². The van der Waals surface area contributed by atoms with E-state index in [1.807, 2.05) is 0 Å². The Morgan fingerprint density at radius 3 is 2.20 bits per heavy atom. The van der Waals surface area contributed by atoms with Gasteiger partial charge in [0.25, 0.3) is 9.24 Å². The molecule has 9 heteroatoms. The average Bonchev–Trinajstić information content (AvgIpc) is 2.46. The molecule has 90 valence electrons. The highest BCUT2D eigenvalue weighted by Gasteiger charge is 2.60. The summed E-state index contributed by atoms with van der Waals surface area (Å²) < 4.78 is 64.4. The smallest absolute Gasteiger partial charge is 0.367 e. The van der Waals surface area contributed by atoms with Gasteiger partial charge in [0.1, 0.15) is 0 Å². The van der Waals surface area contributed by atoms with Crippen LogP contribution in [0, 0.1) is 0 Å². The first-order valence-corrected chi connectivity index (χ1v) is 6.21. The zero-order valence-electron chi connectivity index (χ0n) is 7.71. The molecule has 0 saturated carbocycles. The van der Waals surface area contributed by atoms with Crippen LogP contribution in [0.3, 0.4) is 0 Å². The molecule has 1 rings (SSSR count). The van der Waals surface area contributed by atoms with E-state index in [2.05, 4.69) is 4.74 Å². The zero-order chi connectivity index (χ0) is 11.9. The molecule has 0 amide bonds. The van der Waals surface area contributed by atoms with Gasteiger partial charge in [-0.1, -0.05) is 0 Å². The molecule has 0 aliphatic carbocycles. The highest BCUT2D eigenvalue weighted by molar-refractivity contribution is 8.11. The molecular formula is C6H9ClF3NO3S. The molecule has 1 unspecified atom stereocenters. The van der Waals surface area contributed by atoms with Gasteiger partial charge in [-0.25, -0.2) is 0 Å².